The average molecular weight is 246 g/mol. The summed E-state index contributed by atoms with van der Waals surface area (Å²) in [7, 11) is -4.53. The molecule has 0 aliphatic carbocycles. The molecule has 0 atom stereocenters. The van der Waals surface area contributed by atoms with Crippen molar-refractivity contribution in [1.82, 2.24) is 0 Å². The van der Waals surface area contributed by atoms with E-state index in [0.717, 1.165) is 0 Å². The molecule has 0 unspecified atom stereocenters. The van der Waals surface area contributed by atoms with Gasteiger partial charge in [0.25, 0.3) is 0 Å². The number of phenolic OH excluding ortho intramolecular Hbond substituents is 1. The fraction of sp³-hybridized carbons (Fsp3) is 0.400. The molecule has 0 amide bonds. The quantitative estimate of drug-likeness (QED) is 0.778. The zero-order valence-corrected chi connectivity index (χ0v) is 10.1. The Bertz CT molecular complexity index is 484. The molecule has 0 bridgehead atoms. The van der Waals surface area contributed by atoms with Gasteiger partial charge in [0.2, 0.25) is 0 Å². The minimum atomic E-state index is -4.53. The molecule has 0 fully saturated rings. The predicted molar refractivity (Wildman–Crippen MR) is 59.0 cm³/mol. The van der Waals surface area contributed by atoms with Gasteiger partial charge >= 0.3 is 10.4 Å². The van der Waals surface area contributed by atoms with Crippen LogP contribution in [0, 0.1) is 0 Å². The first-order valence-corrected chi connectivity index (χ1v) is 5.96. The van der Waals surface area contributed by atoms with Crippen molar-refractivity contribution in [3.63, 3.8) is 0 Å². The fourth-order valence-corrected chi connectivity index (χ4v) is 1.64. The van der Waals surface area contributed by atoms with Gasteiger partial charge in [-0.15, -0.1) is 0 Å². The molecule has 0 spiro atoms. The van der Waals surface area contributed by atoms with Crippen molar-refractivity contribution < 1.29 is 22.3 Å². The van der Waals surface area contributed by atoms with Crippen LogP contribution in [0.15, 0.2) is 18.2 Å². The maximum atomic E-state index is 10.5. The molecule has 1 aromatic rings. The Balaban J connectivity index is 3.18. The fourth-order valence-electron chi connectivity index (χ4n) is 1.29. The monoisotopic (exact) mass is 246 g/mol. The molecule has 2 N–H and O–H groups in total. The lowest BCUT2D eigenvalue weighted by Gasteiger charge is -2.20. The highest BCUT2D eigenvalue weighted by Gasteiger charge is 2.19. The van der Waals surface area contributed by atoms with Crippen molar-refractivity contribution >= 4 is 10.4 Å². The van der Waals surface area contributed by atoms with Gasteiger partial charge in [-0.05, 0) is 23.6 Å². The topological polar surface area (TPSA) is 83.8 Å². The lowest BCUT2D eigenvalue weighted by molar-refractivity contribution is 0.384. The second kappa shape index (κ2) is 3.95. The number of hydrogen-bond acceptors (Lipinski definition) is 4. The summed E-state index contributed by atoms with van der Waals surface area (Å²) in [6.45, 7) is 5.58. The van der Waals surface area contributed by atoms with Gasteiger partial charge in [-0.2, -0.15) is 8.42 Å². The lowest BCUT2D eigenvalue weighted by Crippen LogP contribution is -2.12. The molecule has 0 radical (unpaired) electrons. The van der Waals surface area contributed by atoms with Gasteiger partial charge in [-0.3, -0.25) is 4.55 Å². The maximum Gasteiger partial charge on any atom is 0.446 e. The second-order valence-electron chi connectivity index (χ2n) is 4.44. The van der Waals surface area contributed by atoms with Crippen LogP contribution in [0.4, 0.5) is 0 Å². The smallest absolute Gasteiger partial charge is 0.446 e. The Labute approximate surface area is 94.6 Å². The van der Waals surface area contributed by atoms with Crippen LogP contribution in [0.5, 0.6) is 11.5 Å². The lowest BCUT2D eigenvalue weighted by atomic mass is 9.86. The van der Waals surface area contributed by atoms with Gasteiger partial charge in [0.1, 0.15) is 11.5 Å². The highest BCUT2D eigenvalue weighted by molar-refractivity contribution is 7.81. The summed E-state index contributed by atoms with van der Waals surface area (Å²) in [6, 6.07) is 3.96. The van der Waals surface area contributed by atoms with E-state index in [4.69, 9.17) is 4.55 Å². The molecule has 5 nitrogen and oxygen atoms in total. The van der Waals surface area contributed by atoms with Crippen LogP contribution in [-0.4, -0.2) is 18.1 Å². The van der Waals surface area contributed by atoms with Gasteiger partial charge < -0.3 is 9.29 Å². The molecule has 90 valence electrons. The first-order valence-electron chi connectivity index (χ1n) is 4.60. The number of phenols is 1. The van der Waals surface area contributed by atoms with Crippen molar-refractivity contribution in [3.05, 3.63) is 23.8 Å². The molecule has 16 heavy (non-hydrogen) atoms. The van der Waals surface area contributed by atoms with Crippen molar-refractivity contribution in [2.24, 2.45) is 0 Å². The van der Waals surface area contributed by atoms with Crippen LogP contribution in [0.25, 0.3) is 0 Å². The number of rotatable bonds is 2. The van der Waals surface area contributed by atoms with Gasteiger partial charge in [-0.25, -0.2) is 0 Å². The van der Waals surface area contributed by atoms with E-state index in [2.05, 4.69) is 4.18 Å². The molecular weight excluding hydrogens is 232 g/mol. The second-order valence-corrected chi connectivity index (χ2v) is 5.46. The molecule has 0 saturated heterocycles. The summed E-state index contributed by atoms with van der Waals surface area (Å²) < 4.78 is 33.9. The summed E-state index contributed by atoms with van der Waals surface area (Å²) in [5.41, 5.74) is 0.177. The summed E-state index contributed by atoms with van der Waals surface area (Å²) in [6.07, 6.45) is 0. The van der Waals surface area contributed by atoms with E-state index in [1.807, 2.05) is 20.8 Å². The molecule has 6 heteroatoms. The summed E-state index contributed by atoms with van der Waals surface area (Å²) in [4.78, 5) is 0. The van der Waals surface area contributed by atoms with Gasteiger partial charge in [0.05, 0.1) is 0 Å². The molecule has 0 aromatic heterocycles. The summed E-state index contributed by atoms with van der Waals surface area (Å²) in [5.74, 6) is 0.0143. The zero-order valence-electron chi connectivity index (χ0n) is 9.26. The predicted octanol–water partition coefficient (Wildman–Crippen LogP) is 1.87. The Morgan fingerprint density at radius 1 is 1.25 bits per heavy atom. The Morgan fingerprint density at radius 2 is 1.81 bits per heavy atom. The third-order valence-electron chi connectivity index (χ3n) is 1.98. The third-order valence-corrected chi connectivity index (χ3v) is 2.38. The van der Waals surface area contributed by atoms with E-state index in [1.165, 1.54) is 18.2 Å². The number of hydrogen-bond donors (Lipinski definition) is 2. The van der Waals surface area contributed by atoms with Crippen LogP contribution < -0.4 is 4.18 Å². The summed E-state index contributed by atoms with van der Waals surface area (Å²) >= 11 is 0. The van der Waals surface area contributed by atoms with Crippen LogP contribution in [0.1, 0.15) is 26.3 Å². The minimum absolute atomic E-state index is 0.0368. The Kier molecular flexibility index (Phi) is 3.16. The van der Waals surface area contributed by atoms with E-state index >= 15 is 0 Å². The molecule has 1 aromatic carbocycles. The summed E-state index contributed by atoms with van der Waals surface area (Å²) in [5, 5.41) is 9.60. The molecule has 0 saturated carbocycles. The first kappa shape index (κ1) is 12.8. The molecular formula is C10H14O5S. The molecule has 1 rings (SSSR count). The molecule has 0 aliphatic rings. The standard InChI is InChI=1S/C10H14O5S/c1-10(2,3)8-6-7(4-5-9(8)11)15-16(12,13)14/h4-6,11H,1-3H3,(H,12,13,14). The van der Waals surface area contributed by atoms with E-state index in [9.17, 15) is 13.5 Å². The SMILES string of the molecule is CC(C)(C)c1cc(OS(=O)(=O)O)ccc1O. The first-order chi connectivity index (χ1) is 7.09. The van der Waals surface area contributed by atoms with Crippen LogP contribution >= 0.6 is 0 Å². The Hall–Kier alpha value is -1.27. The number of aromatic hydroxyl groups is 1. The van der Waals surface area contributed by atoms with Crippen LogP contribution in [0.2, 0.25) is 0 Å². The average Bonchev–Trinajstić information content (AvgIpc) is 2.04. The van der Waals surface area contributed by atoms with E-state index in [1.54, 1.807) is 0 Å². The van der Waals surface area contributed by atoms with Crippen molar-refractivity contribution in [3.8, 4) is 11.5 Å². The largest absolute Gasteiger partial charge is 0.508 e. The highest BCUT2D eigenvalue weighted by Crippen LogP contribution is 2.33. The van der Waals surface area contributed by atoms with Crippen LogP contribution in [-0.2, 0) is 15.8 Å². The number of benzene rings is 1. The maximum absolute atomic E-state index is 10.5. The molecule has 0 aliphatic heterocycles. The third kappa shape index (κ3) is 3.39. The normalized spacial score (nSPS) is 12.5. The minimum Gasteiger partial charge on any atom is -0.508 e. The van der Waals surface area contributed by atoms with Crippen molar-refractivity contribution in [2.75, 3.05) is 0 Å². The van der Waals surface area contributed by atoms with Gasteiger partial charge in [0, 0.05) is 5.56 Å². The van der Waals surface area contributed by atoms with Crippen molar-refractivity contribution in [2.45, 2.75) is 26.2 Å². The van der Waals surface area contributed by atoms with Gasteiger partial charge in [0.15, 0.2) is 0 Å². The molecule has 0 heterocycles. The zero-order chi connectivity index (χ0) is 12.6. The van der Waals surface area contributed by atoms with E-state index in [0.29, 0.717) is 5.56 Å². The van der Waals surface area contributed by atoms with E-state index < -0.39 is 10.4 Å². The Morgan fingerprint density at radius 3 is 2.25 bits per heavy atom. The highest BCUT2D eigenvalue weighted by atomic mass is 32.3. The van der Waals surface area contributed by atoms with Crippen LogP contribution in [0.3, 0.4) is 0 Å². The van der Waals surface area contributed by atoms with Crippen molar-refractivity contribution in [1.29, 1.82) is 0 Å². The van der Waals surface area contributed by atoms with Gasteiger partial charge in [-0.1, -0.05) is 20.8 Å². The van der Waals surface area contributed by atoms with E-state index in [-0.39, 0.29) is 16.9 Å².